The lowest BCUT2D eigenvalue weighted by Gasteiger charge is -2.35. The molecule has 0 saturated heterocycles. The van der Waals surface area contributed by atoms with Crippen LogP contribution in [-0.4, -0.2) is 37.0 Å². The van der Waals surface area contributed by atoms with Gasteiger partial charge in [0.2, 0.25) is 5.91 Å². The van der Waals surface area contributed by atoms with Gasteiger partial charge in [-0.25, -0.2) is 0 Å². The van der Waals surface area contributed by atoms with E-state index in [1.807, 2.05) is 32.0 Å². The second-order valence-corrected chi connectivity index (χ2v) is 5.44. The normalized spacial score (nSPS) is 16.9. The molecule has 6 heteroatoms. The topological polar surface area (TPSA) is 84.7 Å². The molecule has 0 fully saturated rings. The molecule has 1 aliphatic heterocycles. The minimum Gasteiger partial charge on any atom is -0.477 e. The number of nitrogens with one attached hydrogen (secondary N) is 1. The summed E-state index contributed by atoms with van der Waals surface area (Å²) >= 11 is 0. The Labute approximate surface area is 130 Å². The zero-order valence-electron chi connectivity index (χ0n) is 13.0. The number of benzene rings is 1. The predicted molar refractivity (Wildman–Crippen MR) is 84.8 cm³/mol. The molecule has 2 amide bonds. The Morgan fingerprint density at radius 2 is 2.05 bits per heavy atom. The SMILES string of the molecule is CCC(CC)NC(=O)C1CN(CC(N)=O)c2ccccc2O1. The molecule has 0 aliphatic carbocycles. The van der Waals surface area contributed by atoms with Gasteiger partial charge >= 0.3 is 0 Å². The summed E-state index contributed by atoms with van der Waals surface area (Å²) in [7, 11) is 0. The number of para-hydroxylation sites is 2. The van der Waals surface area contributed by atoms with E-state index < -0.39 is 12.0 Å². The summed E-state index contributed by atoms with van der Waals surface area (Å²) in [5, 5.41) is 2.98. The number of amides is 2. The maximum Gasteiger partial charge on any atom is 0.263 e. The van der Waals surface area contributed by atoms with Crippen LogP contribution in [-0.2, 0) is 9.59 Å². The average molecular weight is 305 g/mol. The monoisotopic (exact) mass is 305 g/mol. The number of hydrogen-bond donors (Lipinski definition) is 2. The zero-order chi connectivity index (χ0) is 16.1. The van der Waals surface area contributed by atoms with Crippen molar-refractivity contribution in [1.82, 2.24) is 5.32 Å². The zero-order valence-corrected chi connectivity index (χ0v) is 13.0. The number of fused-ring (bicyclic) bond motifs is 1. The highest BCUT2D eigenvalue weighted by Crippen LogP contribution is 2.32. The lowest BCUT2D eigenvalue weighted by molar-refractivity contribution is -0.129. The van der Waals surface area contributed by atoms with Crippen LogP contribution < -0.4 is 20.7 Å². The van der Waals surface area contributed by atoms with Crippen molar-refractivity contribution in [3.05, 3.63) is 24.3 Å². The van der Waals surface area contributed by atoms with Crippen LogP contribution in [0.15, 0.2) is 24.3 Å². The van der Waals surface area contributed by atoms with E-state index in [0.29, 0.717) is 12.3 Å². The summed E-state index contributed by atoms with van der Waals surface area (Å²) in [6.07, 6.45) is 1.10. The first-order valence-electron chi connectivity index (χ1n) is 7.64. The van der Waals surface area contributed by atoms with Crippen LogP contribution in [0.5, 0.6) is 5.75 Å². The molecule has 3 N–H and O–H groups in total. The standard InChI is InChI=1S/C16H23N3O3/c1-3-11(4-2)18-16(21)14-9-19(10-15(17)20)12-7-5-6-8-13(12)22-14/h5-8,11,14H,3-4,9-10H2,1-2H3,(H2,17,20)(H,18,21). The first kappa shape index (κ1) is 16.1. The third-order valence-corrected chi connectivity index (χ3v) is 3.83. The van der Waals surface area contributed by atoms with Gasteiger partial charge in [0.25, 0.3) is 5.91 Å². The summed E-state index contributed by atoms with van der Waals surface area (Å²) in [5.74, 6) is 0.00762. The van der Waals surface area contributed by atoms with E-state index in [4.69, 9.17) is 10.5 Å². The van der Waals surface area contributed by atoms with E-state index >= 15 is 0 Å². The minimum absolute atomic E-state index is 0.0646. The second-order valence-electron chi connectivity index (χ2n) is 5.44. The van der Waals surface area contributed by atoms with Crippen LogP contribution in [0, 0.1) is 0 Å². The van der Waals surface area contributed by atoms with Crippen molar-refractivity contribution in [1.29, 1.82) is 0 Å². The van der Waals surface area contributed by atoms with E-state index in [9.17, 15) is 9.59 Å². The fourth-order valence-electron chi connectivity index (χ4n) is 2.57. The highest BCUT2D eigenvalue weighted by molar-refractivity contribution is 5.85. The number of primary amides is 1. The van der Waals surface area contributed by atoms with E-state index in [-0.39, 0.29) is 18.5 Å². The molecule has 0 saturated carbocycles. The Hall–Kier alpha value is -2.24. The molecule has 1 aliphatic rings. The smallest absolute Gasteiger partial charge is 0.263 e. The predicted octanol–water partition coefficient (Wildman–Crippen LogP) is 1.04. The van der Waals surface area contributed by atoms with E-state index in [1.54, 1.807) is 11.0 Å². The molecule has 1 unspecified atom stereocenters. The number of ether oxygens (including phenoxy) is 1. The van der Waals surface area contributed by atoms with Gasteiger partial charge in [-0.05, 0) is 25.0 Å². The Bertz CT molecular complexity index is 543. The molecule has 0 spiro atoms. The summed E-state index contributed by atoms with van der Waals surface area (Å²) in [4.78, 5) is 25.4. The van der Waals surface area contributed by atoms with Gasteiger partial charge in [0, 0.05) is 6.04 Å². The summed E-state index contributed by atoms with van der Waals surface area (Å²) in [6.45, 7) is 4.44. The van der Waals surface area contributed by atoms with Gasteiger partial charge in [0.15, 0.2) is 6.10 Å². The first-order chi connectivity index (χ1) is 10.5. The van der Waals surface area contributed by atoms with Crippen LogP contribution in [0.3, 0.4) is 0 Å². The number of nitrogens with zero attached hydrogens (tertiary/aromatic N) is 1. The molecule has 0 aromatic heterocycles. The molecule has 1 aromatic rings. The molecule has 22 heavy (non-hydrogen) atoms. The quantitative estimate of drug-likeness (QED) is 0.822. The van der Waals surface area contributed by atoms with Gasteiger partial charge in [-0.15, -0.1) is 0 Å². The van der Waals surface area contributed by atoms with E-state index in [1.165, 1.54) is 0 Å². The van der Waals surface area contributed by atoms with Crippen molar-refractivity contribution in [3.63, 3.8) is 0 Å². The molecule has 1 atom stereocenters. The molecule has 2 rings (SSSR count). The largest absolute Gasteiger partial charge is 0.477 e. The van der Waals surface area contributed by atoms with Gasteiger partial charge in [-0.1, -0.05) is 26.0 Å². The first-order valence-corrected chi connectivity index (χ1v) is 7.64. The molecular weight excluding hydrogens is 282 g/mol. The van der Waals surface area contributed by atoms with Gasteiger partial charge in [0.1, 0.15) is 5.75 Å². The number of carbonyl (C=O) groups excluding carboxylic acids is 2. The van der Waals surface area contributed by atoms with Crippen molar-refractivity contribution in [2.45, 2.75) is 38.8 Å². The maximum absolute atomic E-state index is 12.4. The average Bonchev–Trinajstić information content (AvgIpc) is 2.51. The Morgan fingerprint density at radius 3 is 2.68 bits per heavy atom. The second kappa shape index (κ2) is 7.15. The number of anilines is 1. The highest BCUT2D eigenvalue weighted by atomic mass is 16.5. The fraction of sp³-hybridized carbons (Fsp3) is 0.500. The highest BCUT2D eigenvalue weighted by Gasteiger charge is 2.31. The van der Waals surface area contributed by atoms with Crippen LogP contribution >= 0.6 is 0 Å². The van der Waals surface area contributed by atoms with Crippen LogP contribution in [0.2, 0.25) is 0 Å². The van der Waals surface area contributed by atoms with Crippen molar-refractivity contribution in [3.8, 4) is 5.75 Å². The Kier molecular flexibility index (Phi) is 5.25. The third-order valence-electron chi connectivity index (χ3n) is 3.83. The van der Waals surface area contributed by atoms with Gasteiger partial charge in [-0.3, -0.25) is 9.59 Å². The van der Waals surface area contributed by atoms with Crippen LogP contribution in [0.25, 0.3) is 0 Å². The Balaban J connectivity index is 2.15. The molecule has 120 valence electrons. The molecule has 1 aromatic carbocycles. The van der Waals surface area contributed by atoms with Gasteiger partial charge in [0.05, 0.1) is 18.8 Å². The minimum atomic E-state index is -0.644. The van der Waals surface area contributed by atoms with Crippen molar-refractivity contribution in [2.24, 2.45) is 5.73 Å². The fourth-order valence-corrected chi connectivity index (χ4v) is 2.57. The summed E-state index contributed by atoms with van der Waals surface area (Å²) < 4.78 is 5.79. The number of nitrogens with two attached hydrogens (primary N) is 1. The van der Waals surface area contributed by atoms with E-state index in [0.717, 1.165) is 18.5 Å². The molecule has 1 heterocycles. The molecule has 6 nitrogen and oxygen atoms in total. The molecule has 0 bridgehead atoms. The van der Waals surface area contributed by atoms with Gasteiger partial charge in [-0.2, -0.15) is 0 Å². The number of hydrogen-bond acceptors (Lipinski definition) is 4. The lowest BCUT2D eigenvalue weighted by Crippen LogP contribution is -2.52. The molecule has 0 radical (unpaired) electrons. The third kappa shape index (κ3) is 3.69. The summed E-state index contributed by atoms with van der Waals surface area (Å²) in [6, 6.07) is 7.48. The summed E-state index contributed by atoms with van der Waals surface area (Å²) in [5.41, 5.74) is 6.09. The number of carbonyl (C=O) groups is 2. The van der Waals surface area contributed by atoms with Crippen molar-refractivity contribution < 1.29 is 14.3 Å². The van der Waals surface area contributed by atoms with Crippen molar-refractivity contribution in [2.75, 3.05) is 18.0 Å². The maximum atomic E-state index is 12.4. The van der Waals surface area contributed by atoms with E-state index in [2.05, 4.69) is 5.32 Å². The molecular formula is C16H23N3O3. The van der Waals surface area contributed by atoms with Crippen molar-refractivity contribution >= 4 is 17.5 Å². The lowest BCUT2D eigenvalue weighted by atomic mass is 10.1. The number of rotatable bonds is 6. The Morgan fingerprint density at radius 1 is 1.36 bits per heavy atom. The van der Waals surface area contributed by atoms with Crippen LogP contribution in [0.4, 0.5) is 5.69 Å². The van der Waals surface area contributed by atoms with Crippen LogP contribution in [0.1, 0.15) is 26.7 Å². The van der Waals surface area contributed by atoms with Gasteiger partial charge < -0.3 is 20.7 Å².